The molecule has 0 saturated carbocycles. The Bertz CT molecular complexity index is 937. The standard InChI is InChI=1S/C26H32O4/c1-9-30-24(29)21(22(27)18-13-11-10-12-16(18)2)17-14-19(25(3,4)5)23(28)20(15-17)26(6,7)8/h10-15H,9H2,1-8H3. The number of ketones is 2. The van der Waals surface area contributed by atoms with Gasteiger partial charge in [-0.25, -0.2) is 4.79 Å². The number of carbonyl (C=O) groups is 3. The first kappa shape index (κ1) is 23.5. The van der Waals surface area contributed by atoms with Crippen molar-refractivity contribution in [2.24, 2.45) is 10.8 Å². The fraction of sp³-hybridized carbons (Fsp3) is 0.423. The topological polar surface area (TPSA) is 60.4 Å². The minimum Gasteiger partial charge on any atom is -0.462 e. The maximum Gasteiger partial charge on any atom is 0.342 e. The summed E-state index contributed by atoms with van der Waals surface area (Å²) in [4.78, 5) is 39.6. The number of esters is 1. The van der Waals surface area contributed by atoms with E-state index >= 15 is 0 Å². The lowest BCUT2D eigenvalue weighted by atomic mass is 9.71. The molecule has 0 atom stereocenters. The van der Waals surface area contributed by atoms with Gasteiger partial charge in [0, 0.05) is 16.7 Å². The van der Waals surface area contributed by atoms with E-state index in [1.165, 1.54) is 0 Å². The molecule has 1 aromatic rings. The van der Waals surface area contributed by atoms with Crippen LogP contribution in [0.15, 0.2) is 58.7 Å². The molecule has 4 nitrogen and oxygen atoms in total. The number of benzene rings is 1. The van der Waals surface area contributed by atoms with Gasteiger partial charge in [0.1, 0.15) is 5.57 Å². The van der Waals surface area contributed by atoms with Gasteiger partial charge in [-0.2, -0.15) is 0 Å². The SMILES string of the molecule is CCOC(=O)C(C(=O)c1ccccc1C)=C1C=C(C(C)(C)C)C(=O)C(C(C)(C)C)=C1. The molecule has 1 aliphatic carbocycles. The molecule has 0 radical (unpaired) electrons. The van der Waals surface area contributed by atoms with E-state index < -0.39 is 22.6 Å². The van der Waals surface area contributed by atoms with Crippen LogP contribution in [-0.2, 0) is 14.3 Å². The third kappa shape index (κ3) is 4.86. The average molecular weight is 409 g/mol. The van der Waals surface area contributed by atoms with Crippen molar-refractivity contribution in [3.63, 3.8) is 0 Å². The first-order chi connectivity index (χ1) is 13.8. The van der Waals surface area contributed by atoms with Crippen LogP contribution in [0.4, 0.5) is 0 Å². The lowest BCUT2D eigenvalue weighted by molar-refractivity contribution is -0.138. The number of allylic oxidation sites excluding steroid dienone is 5. The highest BCUT2D eigenvalue weighted by molar-refractivity contribution is 6.26. The highest BCUT2D eigenvalue weighted by atomic mass is 16.5. The molecule has 1 aliphatic rings. The Morgan fingerprint density at radius 3 is 1.83 bits per heavy atom. The van der Waals surface area contributed by atoms with Crippen LogP contribution in [0.25, 0.3) is 0 Å². The molecule has 0 fully saturated rings. The van der Waals surface area contributed by atoms with Crippen molar-refractivity contribution in [3.8, 4) is 0 Å². The largest absolute Gasteiger partial charge is 0.462 e. The number of ether oxygens (including phenoxy) is 1. The van der Waals surface area contributed by atoms with Crippen LogP contribution in [0.5, 0.6) is 0 Å². The molecule has 4 heteroatoms. The molecule has 0 N–H and O–H groups in total. The molecular weight excluding hydrogens is 376 g/mol. The summed E-state index contributed by atoms with van der Waals surface area (Å²) in [6, 6.07) is 7.15. The molecule has 2 rings (SSSR count). The number of aryl methyl sites for hydroxylation is 1. The highest BCUT2D eigenvalue weighted by Crippen LogP contribution is 2.40. The Hall–Kier alpha value is -2.75. The predicted octanol–water partition coefficient (Wildman–Crippen LogP) is 5.57. The lowest BCUT2D eigenvalue weighted by Crippen LogP contribution is -2.29. The van der Waals surface area contributed by atoms with Gasteiger partial charge in [0.2, 0.25) is 5.78 Å². The number of hydrogen-bond acceptors (Lipinski definition) is 4. The minimum atomic E-state index is -0.677. The summed E-state index contributed by atoms with van der Waals surface area (Å²) < 4.78 is 5.25. The summed E-state index contributed by atoms with van der Waals surface area (Å²) in [5.74, 6) is -1.13. The fourth-order valence-electron chi connectivity index (χ4n) is 3.39. The summed E-state index contributed by atoms with van der Waals surface area (Å²) in [6.07, 6.45) is 3.36. The molecule has 0 aliphatic heterocycles. The number of rotatable bonds is 4. The minimum absolute atomic E-state index is 0.0397. The Balaban J connectivity index is 2.87. The summed E-state index contributed by atoms with van der Waals surface area (Å²) in [6.45, 7) is 15.4. The van der Waals surface area contributed by atoms with Crippen LogP contribution in [0.1, 0.15) is 64.4 Å². The van der Waals surface area contributed by atoms with E-state index in [0.29, 0.717) is 22.3 Å². The van der Waals surface area contributed by atoms with E-state index in [-0.39, 0.29) is 18.0 Å². The third-order valence-corrected chi connectivity index (χ3v) is 5.09. The van der Waals surface area contributed by atoms with E-state index in [2.05, 4.69) is 0 Å². The second kappa shape index (κ2) is 8.55. The van der Waals surface area contributed by atoms with Crippen LogP contribution in [0, 0.1) is 17.8 Å². The molecule has 0 saturated heterocycles. The van der Waals surface area contributed by atoms with Crippen molar-refractivity contribution in [2.45, 2.75) is 55.4 Å². The van der Waals surface area contributed by atoms with E-state index in [9.17, 15) is 14.4 Å². The van der Waals surface area contributed by atoms with Crippen LogP contribution in [-0.4, -0.2) is 24.1 Å². The van der Waals surface area contributed by atoms with Crippen LogP contribution in [0.2, 0.25) is 0 Å². The smallest absolute Gasteiger partial charge is 0.342 e. The zero-order valence-corrected chi connectivity index (χ0v) is 19.3. The molecule has 160 valence electrons. The summed E-state index contributed by atoms with van der Waals surface area (Å²) in [5, 5.41) is 0. The van der Waals surface area contributed by atoms with Gasteiger partial charge in [-0.3, -0.25) is 9.59 Å². The van der Waals surface area contributed by atoms with Crippen LogP contribution in [0.3, 0.4) is 0 Å². The molecular formula is C26H32O4. The molecule has 30 heavy (non-hydrogen) atoms. The van der Waals surface area contributed by atoms with Gasteiger partial charge >= 0.3 is 5.97 Å². The van der Waals surface area contributed by atoms with Gasteiger partial charge in [0.15, 0.2) is 5.78 Å². The summed E-state index contributed by atoms with van der Waals surface area (Å²) >= 11 is 0. The van der Waals surface area contributed by atoms with Crippen molar-refractivity contribution < 1.29 is 19.1 Å². The van der Waals surface area contributed by atoms with E-state index in [4.69, 9.17) is 4.74 Å². The van der Waals surface area contributed by atoms with Crippen molar-refractivity contribution in [2.75, 3.05) is 6.61 Å². The zero-order valence-electron chi connectivity index (χ0n) is 19.3. The van der Waals surface area contributed by atoms with Gasteiger partial charge in [-0.15, -0.1) is 0 Å². The Morgan fingerprint density at radius 2 is 1.40 bits per heavy atom. The first-order valence-electron chi connectivity index (χ1n) is 10.3. The highest BCUT2D eigenvalue weighted by Gasteiger charge is 2.36. The van der Waals surface area contributed by atoms with Gasteiger partial charge < -0.3 is 4.74 Å². The van der Waals surface area contributed by atoms with Crippen molar-refractivity contribution in [3.05, 3.63) is 69.8 Å². The van der Waals surface area contributed by atoms with Gasteiger partial charge in [0.25, 0.3) is 0 Å². The third-order valence-electron chi connectivity index (χ3n) is 5.09. The molecule has 0 spiro atoms. The molecule has 0 amide bonds. The molecule has 0 heterocycles. The van der Waals surface area contributed by atoms with E-state index in [0.717, 1.165) is 5.56 Å². The maximum absolute atomic E-state index is 13.5. The maximum atomic E-state index is 13.5. The second-order valence-corrected chi connectivity index (χ2v) is 9.64. The Morgan fingerprint density at radius 1 is 0.900 bits per heavy atom. The molecule has 0 bridgehead atoms. The second-order valence-electron chi connectivity index (χ2n) is 9.64. The van der Waals surface area contributed by atoms with Crippen LogP contribution >= 0.6 is 0 Å². The van der Waals surface area contributed by atoms with E-state index in [1.54, 1.807) is 31.2 Å². The monoisotopic (exact) mass is 408 g/mol. The molecule has 1 aromatic carbocycles. The molecule has 0 unspecified atom stereocenters. The Labute approximate surface area is 179 Å². The average Bonchev–Trinajstić information content (AvgIpc) is 2.61. The fourth-order valence-corrected chi connectivity index (χ4v) is 3.39. The molecule has 0 aromatic heterocycles. The van der Waals surface area contributed by atoms with Crippen molar-refractivity contribution in [1.82, 2.24) is 0 Å². The van der Waals surface area contributed by atoms with Crippen molar-refractivity contribution in [1.29, 1.82) is 0 Å². The number of carbonyl (C=O) groups excluding carboxylic acids is 3. The van der Waals surface area contributed by atoms with E-state index in [1.807, 2.05) is 60.6 Å². The Kier molecular flexibility index (Phi) is 6.70. The first-order valence-corrected chi connectivity index (χ1v) is 10.3. The summed E-state index contributed by atoms with van der Waals surface area (Å²) in [5.41, 5.74) is 1.86. The predicted molar refractivity (Wildman–Crippen MR) is 119 cm³/mol. The zero-order chi connectivity index (χ0) is 22.9. The quantitative estimate of drug-likeness (QED) is 0.215. The lowest BCUT2D eigenvalue weighted by Gasteiger charge is -2.31. The van der Waals surface area contributed by atoms with Crippen molar-refractivity contribution >= 4 is 17.5 Å². The van der Waals surface area contributed by atoms with Gasteiger partial charge in [-0.05, 0) is 48.0 Å². The van der Waals surface area contributed by atoms with Crippen LogP contribution < -0.4 is 0 Å². The number of hydrogen-bond donors (Lipinski definition) is 0. The number of Topliss-reactive ketones (excluding diaryl/α,β-unsaturated/α-hetero) is 2. The van der Waals surface area contributed by atoms with Gasteiger partial charge in [-0.1, -0.05) is 65.8 Å². The van der Waals surface area contributed by atoms with Gasteiger partial charge in [0.05, 0.1) is 6.61 Å². The summed E-state index contributed by atoms with van der Waals surface area (Å²) in [7, 11) is 0. The normalized spacial score (nSPS) is 14.8.